The summed E-state index contributed by atoms with van der Waals surface area (Å²) in [5, 5.41) is 2.48. The van der Waals surface area contributed by atoms with E-state index in [2.05, 4.69) is 102 Å². The van der Waals surface area contributed by atoms with E-state index in [1.165, 1.54) is 16.3 Å². The van der Waals surface area contributed by atoms with Crippen LogP contribution in [0.1, 0.15) is 0 Å². The molecule has 1 N–H and O–H groups in total. The van der Waals surface area contributed by atoms with Gasteiger partial charge in [-0.25, -0.2) is 9.97 Å². The van der Waals surface area contributed by atoms with Crippen molar-refractivity contribution < 1.29 is 0 Å². The van der Waals surface area contributed by atoms with E-state index >= 15 is 0 Å². The molecule has 0 spiro atoms. The molecule has 0 bridgehead atoms. The summed E-state index contributed by atoms with van der Waals surface area (Å²) in [7, 11) is 0. The molecular weight excluding hydrogens is 450 g/mol. The third kappa shape index (κ3) is 3.87. The van der Waals surface area contributed by atoms with E-state index in [4.69, 9.17) is 9.97 Å². The molecule has 5 aromatic carbocycles. The summed E-state index contributed by atoms with van der Waals surface area (Å²) >= 11 is 0. The number of aromatic nitrogens is 3. The van der Waals surface area contributed by atoms with Crippen LogP contribution in [-0.2, 0) is 0 Å². The van der Waals surface area contributed by atoms with Crippen molar-refractivity contribution in [3.8, 4) is 45.0 Å². The summed E-state index contributed by atoms with van der Waals surface area (Å²) in [4.78, 5) is 13.5. The molecule has 0 aliphatic heterocycles. The van der Waals surface area contributed by atoms with Crippen molar-refractivity contribution in [1.29, 1.82) is 0 Å². The molecule has 0 aliphatic rings. The highest BCUT2D eigenvalue weighted by Gasteiger charge is 2.13. The number of fused-ring (bicyclic) bond motifs is 3. The van der Waals surface area contributed by atoms with E-state index in [0.29, 0.717) is 0 Å². The summed E-state index contributed by atoms with van der Waals surface area (Å²) in [6.45, 7) is 0. The van der Waals surface area contributed by atoms with E-state index in [0.717, 1.165) is 50.5 Å². The van der Waals surface area contributed by atoms with Crippen LogP contribution < -0.4 is 0 Å². The minimum Gasteiger partial charge on any atom is -0.354 e. The lowest BCUT2D eigenvalue weighted by Crippen LogP contribution is -1.96. The maximum absolute atomic E-state index is 5.02. The molecule has 0 atom stereocenters. The van der Waals surface area contributed by atoms with Crippen LogP contribution in [0, 0.1) is 0 Å². The molecule has 3 heteroatoms. The van der Waals surface area contributed by atoms with Crippen molar-refractivity contribution in [3.05, 3.63) is 133 Å². The number of benzene rings is 5. The predicted octanol–water partition coefficient (Wildman–Crippen LogP) is 8.78. The fraction of sp³-hybridized carbons (Fsp3) is 0. The van der Waals surface area contributed by atoms with Crippen molar-refractivity contribution in [2.75, 3.05) is 0 Å². The Hall–Kier alpha value is -5.02. The second-order valence-corrected chi connectivity index (χ2v) is 9.17. The molecule has 2 heterocycles. The summed E-state index contributed by atoms with van der Waals surface area (Å²) in [6.07, 6.45) is 0. The van der Waals surface area contributed by atoms with Crippen LogP contribution >= 0.6 is 0 Å². The molecule has 0 unspecified atom stereocenters. The Labute approximate surface area is 215 Å². The van der Waals surface area contributed by atoms with Crippen LogP contribution in [0.15, 0.2) is 133 Å². The number of hydrogen-bond acceptors (Lipinski definition) is 2. The summed E-state index contributed by atoms with van der Waals surface area (Å²) < 4.78 is 0. The lowest BCUT2D eigenvalue weighted by molar-refractivity contribution is 1.18. The van der Waals surface area contributed by atoms with Gasteiger partial charge in [-0.05, 0) is 35.4 Å². The van der Waals surface area contributed by atoms with Gasteiger partial charge < -0.3 is 4.98 Å². The van der Waals surface area contributed by atoms with Crippen molar-refractivity contribution in [3.63, 3.8) is 0 Å². The van der Waals surface area contributed by atoms with E-state index < -0.39 is 0 Å². The molecule has 0 amide bonds. The average molecular weight is 474 g/mol. The first-order valence-electron chi connectivity index (χ1n) is 12.4. The maximum Gasteiger partial charge on any atom is 0.160 e. The van der Waals surface area contributed by atoms with E-state index in [9.17, 15) is 0 Å². The zero-order valence-corrected chi connectivity index (χ0v) is 20.1. The van der Waals surface area contributed by atoms with Crippen molar-refractivity contribution in [2.45, 2.75) is 0 Å². The molecule has 3 nitrogen and oxygen atoms in total. The van der Waals surface area contributed by atoms with Gasteiger partial charge in [0, 0.05) is 38.5 Å². The van der Waals surface area contributed by atoms with Gasteiger partial charge in [0.2, 0.25) is 0 Å². The fourth-order valence-corrected chi connectivity index (χ4v) is 5.06. The molecule has 0 aliphatic carbocycles. The molecule has 7 rings (SSSR count). The van der Waals surface area contributed by atoms with Crippen molar-refractivity contribution in [2.24, 2.45) is 0 Å². The molecule has 37 heavy (non-hydrogen) atoms. The zero-order valence-electron chi connectivity index (χ0n) is 20.1. The highest BCUT2D eigenvalue weighted by molar-refractivity contribution is 6.14. The zero-order chi connectivity index (χ0) is 24.6. The molecule has 2 aromatic heterocycles. The smallest absolute Gasteiger partial charge is 0.160 e. The highest BCUT2D eigenvalue weighted by Crippen LogP contribution is 2.36. The molecule has 0 saturated heterocycles. The van der Waals surface area contributed by atoms with Gasteiger partial charge >= 0.3 is 0 Å². The van der Waals surface area contributed by atoms with Crippen LogP contribution in [0.4, 0.5) is 0 Å². The Bertz CT molecular complexity index is 1810. The summed E-state index contributed by atoms with van der Waals surface area (Å²) in [5.74, 6) is 0.723. The van der Waals surface area contributed by atoms with Crippen molar-refractivity contribution >= 4 is 21.8 Å². The number of nitrogens with zero attached hydrogens (tertiary/aromatic N) is 2. The Morgan fingerprint density at radius 3 is 1.84 bits per heavy atom. The Kier molecular flexibility index (Phi) is 5.11. The molecule has 0 fully saturated rings. The predicted molar refractivity (Wildman–Crippen MR) is 153 cm³/mol. The first kappa shape index (κ1) is 21.3. The molecule has 0 saturated carbocycles. The van der Waals surface area contributed by atoms with E-state index in [-0.39, 0.29) is 0 Å². The largest absolute Gasteiger partial charge is 0.354 e. The van der Waals surface area contributed by atoms with Gasteiger partial charge in [0.1, 0.15) is 0 Å². The van der Waals surface area contributed by atoms with Gasteiger partial charge in [0.05, 0.1) is 11.4 Å². The number of nitrogens with one attached hydrogen (secondary N) is 1. The topological polar surface area (TPSA) is 41.6 Å². The minimum absolute atomic E-state index is 0.723. The average Bonchev–Trinajstić information content (AvgIpc) is 3.37. The molecule has 174 valence electrons. The Balaban J connectivity index is 1.41. The third-order valence-corrected chi connectivity index (χ3v) is 6.83. The lowest BCUT2D eigenvalue weighted by atomic mass is 9.97. The molecular formula is C34H23N3. The monoisotopic (exact) mass is 473 g/mol. The number of rotatable bonds is 4. The number of H-pyrrole nitrogens is 1. The van der Waals surface area contributed by atoms with Gasteiger partial charge in [-0.1, -0.05) is 109 Å². The molecule has 7 aromatic rings. The van der Waals surface area contributed by atoms with Gasteiger partial charge in [0.25, 0.3) is 0 Å². The summed E-state index contributed by atoms with van der Waals surface area (Å²) in [6, 6.07) is 46.2. The van der Waals surface area contributed by atoms with Gasteiger partial charge in [-0.2, -0.15) is 0 Å². The number of para-hydroxylation sites is 1. The maximum atomic E-state index is 5.02. The quantitative estimate of drug-likeness (QED) is 0.277. The first-order chi connectivity index (χ1) is 18.3. The second kappa shape index (κ2) is 8.89. The number of aromatic amines is 1. The van der Waals surface area contributed by atoms with Crippen LogP contribution in [-0.4, -0.2) is 15.0 Å². The van der Waals surface area contributed by atoms with E-state index in [1.54, 1.807) is 0 Å². The Morgan fingerprint density at radius 1 is 0.432 bits per heavy atom. The lowest BCUT2D eigenvalue weighted by Gasteiger charge is -2.11. The van der Waals surface area contributed by atoms with Crippen LogP contribution in [0.25, 0.3) is 66.8 Å². The fourth-order valence-electron chi connectivity index (χ4n) is 5.06. The van der Waals surface area contributed by atoms with E-state index in [1.807, 2.05) is 36.4 Å². The van der Waals surface area contributed by atoms with Crippen LogP contribution in [0.3, 0.4) is 0 Å². The standard InChI is InChI=1S/C34H23N3/c1-3-11-23(12-4-1)31-22-32(37-34(36-31)24-13-5-2-6-14-24)26-16-9-15-25(21-26)27-18-10-20-30-33(27)28-17-7-8-19-29(28)35-30/h1-22,35H. The first-order valence-corrected chi connectivity index (χ1v) is 12.4. The van der Waals surface area contributed by atoms with Gasteiger partial charge in [-0.3, -0.25) is 0 Å². The van der Waals surface area contributed by atoms with Crippen molar-refractivity contribution in [1.82, 2.24) is 15.0 Å². The van der Waals surface area contributed by atoms with Gasteiger partial charge in [-0.15, -0.1) is 0 Å². The second-order valence-electron chi connectivity index (χ2n) is 9.17. The normalized spacial score (nSPS) is 11.2. The van der Waals surface area contributed by atoms with Crippen LogP contribution in [0.2, 0.25) is 0 Å². The van der Waals surface area contributed by atoms with Gasteiger partial charge in [0.15, 0.2) is 5.82 Å². The van der Waals surface area contributed by atoms with Crippen LogP contribution in [0.5, 0.6) is 0 Å². The Morgan fingerprint density at radius 2 is 1.03 bits per heavy atom. The SMILES string of the molecule is c1ccc(-c2cc(-c3cccc(-c4cccc5[nH]c6ccccc6c45)c3)nc(-c3ccccc3)n2)cc1. The minimum atomic E-state index is 0.723. The molecule has 0 radical (unpaired) electrons. The highest BCUT2D eigenvalue weighted by atomic mass is 14.9. The summed E-state index contributed by atoms with van der Waals surface area (Å²) in [5.41, 5.74) is 9.61. The number of hydrogen-bond donors (Lipinski definition) is 1. The third-order valence-electron chi connectivity index (χ3n) is 6.83.